The number of halogens is 1. The average Bonchev–Trinajstić information content (AvgIpc) is 2.61. The van der Waals surface area contributed by atoms with Gasteiger partial charge in [0.25, 0.3) is 0 Å². The topological polar surface area (TPSA) is 24.5 Å². The van der Waals surface area contributed by atoms with Crippen molar-refractivity contribution in [3.63, 3.8) is 0 Å². The Morgan fingerprint density at radius 1 is 1.42 bits per heavy atom. The van der Waals surface area contributed by atoms with Crippen molar-refractivity contribution in [3.05, 3.63) is 22.7 Å². The van der Waals surface area contributed by atoms with E-state index in [0.717, 1.165) is 36.3 Å². The van der Waals surface area contributed by atoms with Crippen LogP contribution >= 0.6 is 15.9 Å². The highest BCUT2D eigenvalue weighted by Crippen LogP contribution is 2.29. The van der Waals surface area contributed by atoms with Crippen LogP contribution in [0.15, 0.2) is 22.7 Å². The molecular formula is C15H23BrN2O. The molecule has 0 saturated carbocycles. The predicted molar refractivity (Wildman–Crippen MR) is 84.2 cm³/mol. The maximum absolute atomic E-state index is 5.36. The van der Waals surface area contributed by atoms with E-state index in [1.165, 1.54) is 12.1 Å². The lowest BCUT2D eigenvalue weighted by molar-refractivity contribution is 0.366. The third-order valence-corrected chi connectivity index (χ3v) is 4.39. The molecule has 106 valence electrons. The second kappa shape index (κ2) is 6.14. The molecule has 19 heavy (non-hydrogen) atoms. The first-order valence-electron chi connectivity index (χ1n) is 6.91. The van der Waals surface area contributed by atoms with E-state index in [-0.39, 0.29) is 5.54 Å². The van der Waals surface area contributed by atoms with Crippen LogP contribution in [0, 0.1) is 0 Å². The van der Waals surface area contributed by atoms with Gasteiger partial charge in [0, 0.05) is 34.9 Å². The van der Waals surface area contributed by atoms with Gasteiger partial charge in [-0.15, -0.1) is 0 Å². The van der Waals surface area contributed by atoms with Crippen molar-refractivity contribution in [2.45, 2.75) is 32.2 Å². The van der Waals surface area contributed by atoms with E-state index in [1.54, 1.807) is 7.11 Å². The third kappa shape index (κ3) is 3.63. The lowest BCUT2D eigenvalue weighted by Gasteiger charge is -2.34. The lowest BCUT2D eigenvalue weighted by atomic mass is 9.98. The number of nitrogens with zero attached hydrogens (tertiary/aromatic N) is 1. The first kappa shape index (κ1) is 14.7. The molecule has 1 saturated heterocycles. The van der Waals surface area contributed by atoms with Crippen molar-refractivity contribution >= 4 is 21.6 Å². The number of hydrogen-bond acceptors (Lipinski definition) is 3. The van der Waals surface area contributed by atoms with Gasteiger partial charge in [-0.3, -0.25) is 0 Å². The summed E-state index contributed by atoms with van der Waals surface area (Å²) in [6.45, 7) is 7.76. The molecule has 1 fully saturated rings. The van der Waals surface area contributed by atoms with E-state index in [9.17, 15) is 0 Å². The molecule has 3 nitrogen and oxygen atoms in total. The molecule has 4 heteroatoms. The summed E-state index contributed by atoms with van der Waals surface area (Å²) in [5.41, 5.74) is 1.42. The van der Waals surface area contributed by atoms with Crippen LogP contribution in [0.25, 0.3) is 0 Å². The monoisotopic (exact) mass is 326 g/mol. The molecule has 0 spiro atoms. The van der Waals surface area contributed by atoms with E-state index < -0.39 is 0 Å². The summed E-state index contributed by atoms with van der Waals surface area (Å²) < 4.78 is 6.43. The molecule has 0 bridgehead atoms. The van der Waals surface area contributed by atoms with Gasteiger partial charge in [-0.1, -0.05) is 22.9 Å². The molecule has 1 aromatic carbocycles. The molecule has 0 aromatic heterocycles. The fourth-order valence-electron chi connectivity index (χ4n) is 2.52. The molecule has 0 radical (unpaired) electrons. The highest BCUT2D eigenvalue weighted by atomic mass is 79.9. The van der Waals surface area contributed by atoms with Gasteiger partial charge in [-0.2, -0.15) is 0 Å². The fraction of sp³-hybridized carbons (Fsp3) is 0.600. The van der Waals surface area contributed by atoms with Gasteiger partial charge in [-0.25, -0.2) is 0 Å². The Kier molecular flexibility index (Phi) is 4.74. The van der Waals surface area contributed by atoms with Crippen LogP contribution in [0.2, 0.25) is 0 Å². The Morgan fingerprint density at radius 3 is 2.89 bits per heavy atom. The Hall–Kier alpha value is -0.740. The van der Waals surface area contributed by atoms with Crippen LogP contribution in [-0.2, 0) is 0 Å². The highest BCUT2D eigenvalue weighted by molar-refractivity contribution is 9.10. The van der Waals surface area contributed by atoms with Crippen LogP contribution in [0.3, 0.4) is 0 Å². The van der Waals surface area contributed by atoms with Crippen LogP contribution in [0.1, 0.15) is 26.7 Å². The summed E-state index contributed by atoms with van der Waals surface area (Å²) in [5.74, 6) is 0.903. The summed E-state index contributed by atoms with van der Waals surface area (Å²) >= 11 is 3.56. The van der Waals surface area contributed by atoms with Gasteiger partial charge in [0.2, 0.25) is 0 Å². The van der Waals surface area contributed by atoms with Crippen molar-refractivity contribution in [1.29, 1.82) is 0 Å². The zero-order chi connectivity index (χ0) is 13.9. The maximum atomic E-state index is 5.36. The second-order valence-electron chi connectivity index (χ2n) is 5.47. The summed E-state index contributed by atoms with van der Waals surface area (Å²) in [5, 5.41) is 3.67. The third-order valence-electron chi connectivity index (χ3n) is 3.93. The molecule has 1 heterocycles. The van der Waals surface area contributed by atoms with Crippen molar-refractivity contribution in [2.24, 2.45) is 0 Å². The van der Waals surface area contributed by atoms with Gasteiger partial charge in [0.15, 0.2) is 0 Å². The summed E-state index contributed by atoms with van der Waals surface area (Å²) in [4.78, 5) is 2.46. The summed E-state index contributed by atoms with van der Waals surface area (Å²) in [6, 6.07) is 6.29. The summed E-state index contributed by atoms with van der Waals surface area (Å²) in [6.07, 6.45) is 2.30. The van der Waals surface area contributed by atoms with Crippen molar-refractivity contribution in [1.82, 2.24) is 5.32 Å². The first-order valence-corrected chi connectivity index (χ1v) is 7.70. The first-order chi connectivity index (χ1) is 9.06. The Balaban J connectivity index is 2.26. The molecule has 1 N–H and O–H groups in total. The molecule has 0 amide bonds. The molecule has 1 aliphatic rings. The minimum Gasteiger partial charge on any atom is -0.497 e. The molecule has 1 unspecified atom stereocenters. The standard InChI is InChI=1S/C15H23BrN2O/c1-4-15(2)11-18(7-5-6-17-15)13-8-12(16)9-14(10-13)19-3/h8-10,17H,4-7,11H2,1-3H3. The quantitative estimate of drug-likeness (QED) is 0.921. The number of hydrogen-bond donors (Lipinski definition) is 1. The largest absolute Gasteiger partial charge is 0.497 e. The average molecular weight is 327 g/mol. The summed E-state index contributed by atoms with van der Waals surface area (Å²) in [7, 11) is 1.71. The zero-order valence-electron chi connectivity index (χ0n) is 12.0. The number of ether oxygens (including phenoxy) is 1. The number of nitrogens with one attached hydrogen (secondary N) is 1. The van der Waals surface area contributed by atoms with E-state index in [4.69, 9.17) is 4.74 Å². The van der Waals surface area contributed by atoms with Gasteiger partial charge in [-0.05, 0) is 38.4 Å². The Labute approximate surface area is 124 Å². The number of anilines is 1. The minimum absolute atomic E-state index is 0.187. The van der Waals surface area contributed by atoms with Crippen molar-refractivity contribution < 1.29 is 4.74 Å². The van der Waals surface area contributed by atoms with Gasteiger partial charge in [0.1, 0.15) is 5.75 Å². The van der Waals surface area contributed by atoms with Gasteiger partial charge >= 0.3 is 0 Å². The van der Waals surface area contributed by atoms with E-state index in [2.05, 4.69) is 52.1 Å². The Bertz CT molecular complexity index is 438. The molecule has 2 rings (SSSR count). The van der Waals surface area contributed by atoms with Gasteiger partial charge < -0.3 is 15.0 Å². The number of methoxy groups -OCH3 is 1. The fourth-order valence-corrected chi connectivity index (χ4v) is 2.98. The molecule has 1 aromatic rings. The maximum Gasteiger partial charge on any atom is 0.122 e. The molecular weight excluding hydrogens is 304 g/mol. The van der Waals surface area contributed by atoms with Crippen LogP contribution in [0.4, 0.5) is 5.69 Å². The molecule has 0 aliphatic carbocycles. The van der Waals surface area contributed by atoms with E-state index in [0.29, 0.717) is 0 Å². The highest BCUT2D eigenvalue weighted by Gasteiger charge is 2.27. The lowest BCUT2D eigenvalue weighted by Crippen LogP contribution is -2.48. The van der Waals surface area contributed by atoms with Crippen LogP contribution < -0.4 is 15.0 Å². The smallest absolute Gasteiger partial charge is 0.122 e. The van der Waals surface area contributed by atoms with Crippen LogP contribution in [-0.4, -0.2) is 32.3 Å². The van der Waals surface area contributed by atoms with E-state index >= 15 is 0 Å². The van der Waals surface area contributed by atoms with Crippen LogP contribution in [0.5, 0.6) is 5.75 Å². The second-order valence-corrected chi connectivity index (χ2v) is 6.38. The minimum atomic E-state index is 0.187. The number of rotatable bonds is 3. The SMILES string of the molecule is CCC1(C)CN(c2cc(Br)cc(OC)c2)CCCN1. The van der Waals surface area contributed by atoms with Crippen molar-refractivity contribution in [3.8, 4) is 5.75 Å². The number of benzene rings is 1. The Morgan fingerprint density at radius 2 is 2.21 bits per heavy atom. The zero-order valence-corrected chi connectivity index (χ0v) is 13.6. The molecule has 1 atom stereocenters. The van der Waals surface area contributed by atoms with Gasteiger partial charge in [0.05, 0.1) is 7.11 Å². The van der Waals surface area contributed by atoms with Crippen molar-refractivity contribution in [2.75, 3.05) is 31.6 Å². The van der Waals surface area contributed by atoms with E-state index in [1.807, 2.05) is 6.07 Å². The molecule has 1 aliphatic heterocycles. The normalized spacial score (nSPS) is 24.1. The predicted octanol–water partition coefficient (Wildman–Crippen LogP) is 3.43.